The van der Waals surface area contributed by atoms with E-state index >= 15 is 0 Å². The van der Waals surface area contributed by atoms with Gasteiger partial charge < -0.3 is 20.1 Å². The monoisotopic (exact) mass is 428 g/mol. The van der Waals surface area contributed by atoms with Crippen LogP contribution in [-0.2, 0) is 9.53 Å². The summed E-state index contributed by atoms with van der Waals surface area (Å²) in [6, 6.07) is 6.23. The Hall–Kier alpha value is -1.96. The first kappa shape index (κ1) is 23.3. The molecule has 162 valence electrons. The highest BCUT2D eigenvalue weighted by Gasteiger charge is 2.23. The van der Waals surface area contributed by atoms with Crippen molar-refractivity contribution in [2.24, 2.45) is 11.8 Å². The van der Waals surface area contributed by atoms with E-state index < -0.39 is 6.11 Å². The summed E-state index contributed by atoms with van der Waals surface area (Å²) in [7, 11) is 0. The van der Waals surface area contributed by atoms with E-state index in [1.165, 1.54) is 12.1 Å². The largest absolute Gasteiger partial charge is 0.466 e. The first-order valence-corrected chi connectivity index (χ1v) is 10.5. The number of esters is 1. The number of carbonyl (C=O) groups excluding carboxylic acids is 1. The van der Waals surface area contributed by atoms with Gasteiger partial charge in [-0.25, -0.2) is 0 Å². The van der Waals surface area contributed by atoms with Crippen molar-refractivity contribution in [1.29, 1.82) is 0 Å². The number of hydrogen-bond acceptors (Lipinski definition) is 4. The van der Waals surface area contributed by atoms with Crippen LogP contribution in [0.1, 0.15) is 52.4 Å². The summed E-state index contributed by atoms with van der Waals surface area (Å²) in [5.74, 6) is 1.14. The van der Waals surface area contributed by atoms with Crippen molar-refractivity contribution in [3.63, 3.8) is 0 Å². The SMILES string of the molecule is CCOC(=O)CCC1CCC(CNC(=S)Nc2ccc(OC(C)(F)F)cc2)CC1. The molecule has 1 aromatic carbocycles. The number of thiocarbonyl (C=S) groups is 1. The van der Waals surface area contributed by atoms with Gasteiger partial charge in [0, 0.05) is 25.6 Å². The van der Waals surface area contributed by atoms with Crippen molar-refractivity contribution < 1.29 is 23.0 Å². The molecule has 0 heterocycles. The average molecular weight is 429 g/mol. The number of alkyl halides is 2. The lowest BCUT2D eigenvalue weighted by Gasteiger charge is -2.28. The predicted octanol–water partition coefficient (Wildman–Crippen LogP) is 5.11. The van der Waals surface area contributed by atoms with E-state index in [2.05, 4.69) is 15.4 Å². The summed E-state index contributed by atoms with van der Waals surface area (Å²) in [6.45, 7) is 3.76. The molecule has 2 N–H and O–H groups in total. The van der Waals surface area contributed by atoms with Gasteiger partial charge in [0.15, 0.2) is 5.11 Å². The molecule has 8 heteroatoms. The summed E-state index contributed by atoms with van der Waals surface area (Å²) in [6.07, 6.45) is 2.67. The topological polar surface area (TPSA) is 59.6 Å². The Morgan fingerprint density at radius 2 is 1.79 bits per heavy atom. The minimum Gasteiger partial charge on any atom is -0.466 e. The van der Waals surface area contributed by atoms with Crippen LogP contribution < -0.4 is 15.4 Å². The number of hydrogen-bond donors (Lipinski definition) is 2. The Morgan fingerprint density at radius 1 is 1.17 bits per heavy atom. The van der Waals surface area contributed by atoms with Gasteiger partial charge >= 0.3 is 12.1 Å². The number of nitrogens with one attached hydrogen (secondary N) is 2. The van der Waals surface area contributed by atoms with Gasteiger partial charge in [-0.3, -0.25) is 4.79 Å². The lowest BCUT2D eigenvalue weighted by atomic mass is 9.80. The summed E-state index contributed by atoms with van der Waals surface area (Å²) in [5.41, 5.74) is 0.706. The zero-order valence-corrected chi connectivity index (χ0v) is 17.8. The molecule has 1 aliphatic rings. The molecule has 0 bridgehead atoms. The van der Waals surface area contributed by atoms with Crippen LogP contribution in [0.4, 0.5) is 14.5 Å². The van der Waals surface area contributed by atoms with Crippen molar-refractivity contribution in [1.82, 2.24) is 5.32 Å². The van der Waals surface area contributed by atoms with Crippen LogP contribution in [0.5, 0.6) is 5.75 Å². The van der Waals surface area contributed by atoms with E-state index in [4.69, 9.17) is 17.0 Å². The number of rotatable bonds is 9. The van der Waals surface area contributed by atoms with Gasteiger partial charge in [0.25, 0.3) is 0 Å². The van der Waals surface area contributed by atoms with Crippen molar-refractivity contribution in [2.45, 2.75) is 58.5 Å². The molecule has 0 atom stereocenters. The third-order valence-electron chi connectivity index (χ3n) is 4.99. The third-order valence-corrected chi connectivity index (χ3v) is 5.24. The smallest absolute Gasteiger partial charge is 0.394 e. The summed E-state index contributed by atoms with van der Waals surface area (Å²) in [5, 5.41) is 6.79. The van der Waals surface area contributed by atoms with Gasteiger partial charge in [-0.15, -0.1) is 0 Å². The van der Waals surface area contributed by atoms with Crippen LogP contribution >= 0.6 is 12.2 Å². The first-order valence-electron chi connectivity index (χ1n) is 10.1. The summed E-state index contributed by atoms with van der Waals surface area (Å²) in [4.78, 5) is 11.5. The molecule has 1 aliphatic carbocycles. The van der Waals surface area contributed by atoms with Crippen LogP contribution in [0, 0.1) is 11.8 Å². The maximum absolute atomic E-state index is 12.8. The predicted molar refractivity (Wildman–Crippen MR) is 113 cm³/mol. The molecule has 0 amide bonds. The Kier molecular flexibility index (Phi) is 9.07. The number of ether oxygens (including phenoxy) is 2. The highest BCUT2D eigenvalue weighted by Crippen LogP contribution is 2.31. The van der Waals surface area contributed by atoms with Crippen molar-refractivity contribution in [2.75, 3.05) is 18.5 Å². The van der Waals surface area contributed by atoms with E-state index in [1.54, 1.807) is 12.1 Å². The second kappa shape index (κ2) is 11.3. The van der Waals surface area contributed by atoms with Crippen LogP contribution in [0.3, 0.4) is 0 Å². The summed E-state index contributed by atoms with van der Waals surface area (Å²) >= 11 is 5.32. The molecule has 0 spiro atoms. The molecular formula is C21H30F2N2O3S. The second-order valence-corrected chi connectivity index (χ2v) is 7.91. The molecule has 2 rings (SSSR count). The second-order valence-electron chi connectivity index (χ2n) is 7.50. The van der Waals surface area contributed by atoms with E-state index in [0.717, 1.165) is 38.6 Å². The lowest BCUT2D eigenvalue weighted by Crippen LogP contribution is -2.34. The normalized spacial score (nSPS) is 19.3. The van der Waals surface area contributed by atoms with Gasteiger partial charge in [-0.05, 0) is 74.5 Å². The van der Waals surface area contributed by atoms with Crippen molar-refractivity contribution in [3.8, 4) is 5.75 Å². The molecule has 0 unspecified atom stereocenters. The molecule has 0 saturated heterocycles. The molecule has 5 nitrogen and oxygen atoms in total. The van der Waals surface area contributed by atoms with Crippen LogP contribution in [0.25, 0.3) is 0 Å². The quantitative estimate of drug-likeness (QED) is 0.421. The Balaban J connectivity index is 1.64. The minimum absolute atomic E-state index is 0.0987. The van der Waals surface area contributed by atoms with Crippen LogP contribution in [0.2, 0.25) is 0 Å². The van der Waals surface area contributed by atoms with Crippen molar-refractivity contribution >= 4 is 29.0 Å². The maximum atomic E-state index is 12.8. The van der Waals surface area contributed by atoms with Crippen LogP contribution in [0.15, 0.2) is 24.3 Å². The zero-order chi connectivity index (χ0) is 21.3. The zero-order valence-electron chi connectivity index (χ0n) is 17.0. The maximum Gasteiger partial charge on any atom is 0.394 e. The molecular weight excluding hydrogens is 398 g/mol. The Bertz CT molecular complexity index is 657. The number of anilines is 1. The van der Waals surface area contributed by atoms with E-state index in [1.807, 2.05) is 6.92 Å². The van der Waals surface area contributed by atoms with Gasteiger partial charge in [0.2, 0.25) is 0 Å². The molecule has 1 fully saturated rings. The van der Waals surface area contributed by atoms with Gasteiger partial charge in [-0.2, -0.15) is 8.78 Å². The highest BCUT2D eigenvalue weighted by molar-refractivity contribution is 7.80. The van der Waals surface area contributed by atoms with E-state index in [0.29, 0.717) is 42.6 Å². The molecule has 0 radical (unpaired) electrons. The molecule has 0 aromatic heterocycles. The number of halogens is 2. The number of benzene rings is 1. The lowest BCUT2D eigenvalue weighted by molar-refractivity contribution is -0.159. The molecule has 0 aliphatic heterocycles. The standard InChI is InChI=1S/C21H30F2N2O3S/c1-3-27-19(26)13-8-15-4-6-16(7-5-15)14-24-20(29)25-17-9-11-18(12-10-17)28-21(2,22)23/h9-12,15-16H,3-8,13-14H2,1-2H3,(H2,24,25,29). The summed E-state index contributed by atoms with van der Waals surface area (Å²) < 4.78 is 35.2. The first-order chi connectivity index (χ1) is 13.7. The van der Waals surface area contributed by atoms with Gasteiger partial charge in [0.1, 0.15) is 5.75 Å². The molecule has 1 saturated carbocycles. The van der Waals surface area contributed by atoms with E-state index in [9.17, 15) is 13.6 Å². The fourth-order valence-corrected chi connectivity index (χ4v) is 3.71. The number of carbonyl (C=O) groups is 1. The van der Waals surface area contributed by atoms with E-state index in [-0.39, 0.29) is 11.7 Å². The fraction of sp³-hybridized carbons (Fsp3) is 0.619. The Morgan fingerprint density at radius 3 is 2.38 bits per heavy atom. The molecule has 29 heavy (non-hydrogen) atoms. The van der Waals surface area contributed by atoms with Gasteiger partial charge in [0.05, 0.1) is 6.61 Å². The highest BCUT2D eigenvalue weighted by atomic mass is 32.1. The minimum atomic E-state index is -3.20. The van der Waals surface area contributed by atoms with Crippen LogP contribution in [-0.4, -0.2) is 30.3 Å². The average Bonchev–Trinajstić information content (AvgIpc) is 2.66. The van der Waals surface area contributed by atoms with Crippen molar-refractivity contribution in [3.05, 3.63) is 24.3 Å². The third kappa shape index (κ3) is 9.39. The molecule has 1 aromatic rings. The fourth-order valence-electron chi connectivity index (χ4n) is 3.50. The van der Waals surface area contributed by atoms with Gasteiger partial charge in [-0.1, -0.05) is 12.8 Å². The Labute approximate surface area is 176 Å².